The van der Waals surface area contributed by atoms with Crippen molar-refractivity contribution >= 4 is 16.8 Å². The van der Waals surface area contributed by atoms with Gasteiger partial charge in [0.1, 0.15) is 0 Å². The Kier molecular flexibility index (Phi) is 5.00. The monoisotopic (exact) mass is 327 g/mol. The molecular formula is C19H25N3O2. The minimum Gasteiger partial charge on any atom is -0.356 e. The van der Waals surface area contributed by atoms with Crippen LogP contribution in [0.1, 0.15) is 30.9 Å². The van der Waals surface area contributed by atoms with Gasteiger partial charge in [-0.25, -0.2) is 0 Å². The van der Waals surface area contributed by atoms with Gasteiger partial charge in [0.15, 0.2) is 0 Å². The average molecular weight is 327 g/mol. The van der Waals surface area contributed by atoms with Crippen molar-refractivity contribution < 1.29 is 4.79 Å². The number of amides is 1. The molecule has 0 aliphatic carbocycles. The van der Waals surface area contributed by atoms with Crippen molar-refractivity contribution in [1.29, 1.82) is 0 Å². The number of aryl methyl sites for hydroxylation is 1. The molecule has 24 heavy (non-hydrogen) atoms. The Morgan fingerprint density at radius 3 is 3.00 bits per heavy atom. The van der Waals surface area contributed by atoms with E-state index in [0.29, 0.717) is 12.5 Å². The Morgan fingerprint density at radius 2 is 2.21 bits per heavy atom. The average Bonchev–Trinajstić information content (AvgIpc) is 2.54. The highest BCUT2D eigenvalue weighted by Gasteiger charge is 2.21. The van der Waals surface area contributed by atoms with Gasteiger partial charge >= 0.3 is 0 Å². The maximum Gasteiger partial charge on any atom is 0.252 e. The Morgan fingerprint density at radius 1 is 1.38 bits per heavy atom. The van der Waals surface area contributed by atoms with E-state index in [-0.39, 0.29) is 11.5 Å². The first-order valence-corrected chi connectivity index (χ1v) is 8.60. The standard InChI is InChI=1S/C19H25N3O2/c1-13-5-6-16-9-17(19(24)21-18(16)8-13)12-22-7-3-4-15(11-22)10-20-14(2)23/h5-6,8-9,15H,3-4,7,10-12H2,1-2H3,(H,20,23)(H,21,24). The number of nitrogens with one attached hydrogen (secondary N) is 2. The summed E-state index contributed by atoms with van der Waals surface area (Å²) in [7, 11) is 0. The number of nitrogens with zero attached hydrogens (tertiary/aromatic N) is 1. The first-order valence-electron chi connectivity index (χ1n) is 8.60. The maximum atomic E-state index is 12.4. The van der Waals surface area contributed by atoms with Gasteiger partial charge < -0.3 is 10.3 Å². The predicted octanol–water partition coefficient (Wildman–Crippen LogP) is 2.18. The summed E-state index contributed by atoms with van der Waals surface area (Å²) in [6, 6.07) is 8.13. The van der Waals surface area contributed by atoms with Crippen molar-refractivity contribution in [3.8, 4) is 0 Å². The maximum absolute atomic E-state index is 12.4. The Labute approximate surface area is 142 Å². The lowest BCUT2D eigenvalue weighted by molar-refractivity contribution is -0.119. The van der Waals surface area contributed by atoms with Crippen molar-refractivity contribution in [2.24, 2.45) is 5.92 Å². The van der Waals surface area contributed by atoms with Crippen LogP contribution in [-0.4, -0.2) is 35.4 Å². The van der Waals surface area contributed by atoms with Crippen LogP contribution in [-0.2, 0) is 11.3 Å². The number of piperidine rings is 1. The largest absolute Gasteiger partial charge is 0.356 e. The van der Waals surface area contributed by atoms with Gasteiger partial charge in [0.05, 0.1) is 0 Å². The summed E-state index contributed by atoms with van der Waals surface area (Å²) < 4.78 is 0. The molecule has 2 heterocycles. The number of hydrogen-bond acceptors (Lipinski definition) is 3. The van der Waals surface area contributed by atoms with Crippen LogP contribution in [0.2, 0.25) is 0 Å². The second kappa shape index (κ2) is 7.18. The lowest BCUT2D eigenvalue weighted by atomic mass is 9.97. The molecule has 2 N–H and O–H groups in total. The van der Waals surface area contributed by atoms with E-state index in [1.54, 1.807) is 6.92 Å². The highest BCUT2D eigenvalue weighted by molar-refractivity contribution is 5.79. The van der Waals surface area contributed by atoms with Crippen LogP contribution in [0.4, 0.5) is 0 Å². The minimum absolute atomic E-state index is 0.00270. The number of aromatic amines is 1. The number of hydrogen-bond donors (Lipinski definition) is 2. The second-order valence-corrected chi connectivity index (χ2v) is 6.89. The molecule has 0 spiro atoms. The zero-order valence-corrected chi connectivity index (χ0v) is 14.4. The number of likely N-dealkylation sites (tertiary alicyclic amines) is 1. The molecule has 1 saturated heterocycles. The molecule has 1 amide bonds. The summed E-state index contributed by atoms with van der Waals surface area (Å²) in [5.74, 6) is 0.484. The van der Waals surface area contributed by atoms with Gasteiger partial charge in [-0.1, -0.05) is 12.1 Å². The van der Waals surface area contributed by atoms with E-state index in [1.165, 1.54) is 0 Å². The molecule has 0 bridgehead atoms. The molecule has 5 nitrogen and oxygen atoms in total. The Hall–Kier alpha value is -2.14. The van der Waals surface area contributed by atoms with Crippen LogP contribution in [0.15, 0.2) is 29.1 Å². The highest BCUT2D eigenvalue weighted by Crippen LogP contribution is 2.19. The number of aromatic nitrogens is 1. The van der Waals surface area contributed by atoms with Crippen molar-refractivity contribution in [1.82, 2.24) is 15.2 Å². The van der Waals surface area contributed by atoms with E-state index in [2.05, 4.69) is 27.3 Å². The van der Waals surface area contributed by atoms with Gasteiger partial charge in [0.25, 0.3) is 5.56 Å². The fourth-order valence-corrected chi connectivity index (χ4v) is 3.47. The van der Waals surface area contributed by atoms with E-state index < -0.39 is 0 Å². The van der Waals surface area contributed by atoms with E-state index in [4.69, 9.17) is 0 Å². The molecule has 1 atom stereocenters. The third kappa shape index (κ3) is 4.03. The van der Waals surface area contributed by atoms with Crippen molar-refractivity contribution in [3.63, 3.8) is 0 Å². The van der Waals surface area contributed by atoms with Gasteiger partial charge in [-0.3, -0.25) is 14.5 Å². The van der Waals surface area contributed by atoms with Crippen LogP contribution in [0.3, 0.4) is 0 Å². The van der Waals surface area contributed by atoms with E-state index in [9.17, 15) is 9.59 Å². The number of carbonyl (C=O) groups excluding carboxylic acids is 1. The summed E-state index contributed by atoms with van der Waals surface area (Å²) >= 11 is 0. The summed E-state index contributed by atoms with van der Waals surface area (Å²) in [5, 5.41) is 3.98. The molecule has 1 aromatic heterocycles. The number of rotatable bonds is 4. The molecule has 1 aliphatic rings. The summed E-state index contributed by atoms with van der Waals surface area (Å²) in [6.07, 6.45) is 2.24. The molecule has 1 aromatic carbocycles. The van der Waals surface area contributed by atoms with Gasteiger partial charge in [0.2, 0.25) is 5.91 Å². The number of benzene rings is 1. The van der Waals surface area contributed by atoms with Gasteiger partial charge in [-0.05, 0) is 55.3 Å². The minimum atomic E-state index is -0.00270. The number of H-pyrrole nitrogens is 1. The van der Waals surface area contributed by atoms with E-state index in [0.717, 1.165) is 54.5 Å². The molecule has 3 rings (SSSR count). The molecule has 0 saturated carbocycles. The van der Waals surface area contributed by atoms with Crippen molar-refractivity contribution in [2.75, 3.05) is 19.6 Å². The van der Waals surface area contributed by atoms with Crippen LogP contribution in [0.25, 0.3) is 10.9 Å². The molecular weight excluding hydrogens is 302 g/mol. The zero-order valence-electron chi connectivity index (χ0n) is 14.4. The second-order valence-electron chi connectivity index (χ2n) is 6.89. The summed E-state index contributed by atoms with van der Waals surface area (Å²) in [5.41, 5.74) is 2.84. The topological polar surface area (TPSA) is 65.2 Å². The first kappa shape index (κ1) is 16.7. The third-order valence-corrected chi connectivity index (χ3v) is 4.72. The quantitative estimate of drug-likeness (QED) is 0.905. The van der Waals surface area contributed by atoms with Gasteiger partial charge in [0, 0.05) is 37.6 Å². The number of pyridine rings is 1. The summed E-state index contributed by atoms with van der Waals surface area (Å²) in [4.78, 5) is 28.8. The van der Waals surface area contributed by atoms with Gasteiger partial charge in [-0.15, -0.1) is 0 Å². The normalized spacial score (nSPS) is 18.7. The molecule has 0 radical (unpaired) electrons. The zero-order chi connectivity index (χ0) is 17.1. The lowest BCUT2D eigenvalue weighted by Gasteiger charge is -2.32. The summed E-state index contributed by atoms with van der Waals surface area (Å²) in [6.45, 7) is 6.88. The molecule has 128 valence electrons. The van der Waals surface area contributed by atoms with Crippen LogP contribution >= 0.6 is 0 Å². The fourth-order valence-electron chi connectivity index (χ4n) is 3.47. The van der Waals surface area contributed by atoms with Crippen LogP contribution in [0.5, 0.6) is 0 Å². The molecule has 1 unspecified atom stereocenters. The number of fused-ring (bicyclic) bond motifs is 1. The van der Waals surface area contributed by atoms with E-state index in [1.807, 2.05) is 19.1 Å². The predicted molar refractivity (Wildman–Crippen MR) is 96.0 cm³/mol. The SMILES string of the molecule is CC(=O)NCC1CCCN(Cc2cc3ccc(C)cc3[nH]c2=O)C1. The molecule has 1 aliphatic heterocycles. The third-order valence-electron chi connectivity index (χ3n) is 4.72. The molecule has 5 heteroatoms. The Bertz CT molecular complexity index is 797. The first-order chi connectivity index (χ1) is 11.5. The van der Waals surface area contributed by atoms with Crippen LogP contribution in [0, 0.1) is 12.8 Å². The van der Waals surface area contributed by atoms with Gasteiger partial charge in [-0.2, -0.15) is 0 Å². The molecule has 1 fully saturated rings. The smallest absolute Gasteiger partial charge is 0.252 e. The van der Waals surface area contributed by atoms with Crippen LogP contribution < -0.4 is 10.9 Å². The van der Waals surface area contributed by atoms with E-state index >= 15 is 0 Å². The Balaban J connectivity index is 1.72. The molecule has 2 aromatic rings. The number of carbonyl (C=O) groups is 1. The van der Waals surface area contributed by atoms with Crippen molar-refractivity contribution in [2.45, 2.75) is 33.2 Å². The fraction of sp³-hybridized carbons (Fsp3) is 0.474. The highest BCUT2D eigenvalue weighted by atomic mass is 16.1. The van der Waals surface area contributed by atoms with Crippen molar-refractivity contribution in [3.05, 3.63) is 45.7 Å². The lowest BCUT2D eigenvalue weighted by Crippen LogP contribution is -2.40.